The van der Waals surface area contributed by atoms with E-state index in [2.05, 4.69) is 21.2 Å². The fourth-order valence-electron chi connectivity index (χ4n) is 1.09. The Bertz CT molecular complexity index is 435. The van der Waals surface area contributed by atoms with E-state index in [9.17, 15) is 9.59 Å². The van der Waals surface area contributed by atoms with Gasteiger partial charge in [-0.15, -0.1) is 0 Å². The SMILES string of the molecule is CN(C)C(=O)CNC(=O)COc1cccc(Br)c1. The lowest BCUT2D eigenvalue weighted by Gasteiger charge is -2.11. The first kappa shape index (κ1) is 14.5. The molecule has 0 saturated heterocycles. The average molecular weight is 315 g/mol. The number of amides is 2. The minimum absolute atomic E-state index is 0.0202. The summed E-state index contributed by atoms with van der Waals surface area (Å²) in [6.45, 7) is -0.134. The third-order valence-corrected chi connectivity index (χ3v) is 2.59. The Balaban J connectivity index is 2.31. The standard InChI is InChI=1S/C12H15BrN2O3/c1-15(2)12(17)7-14-11(16)8-18-10-5-3-4-9(13)6-10/h3-6H,7-8H2,1-2H3,(H,14,16). The molecule has 0 aliphatic rings. The average Bonchev–Trinajstić information content (AvgIpc) is 2.33. The molecule has 0 fully saturated rings. The van der Waals surface area contributed by atoms with Gasteiger partial charge in [0.1, 0.15) is 5.75 Å². The van der Waals surface area contributed by atoms with Gasteiger partial charge in [0.25, 0.3) is 5.91 Å². The van der Waals surface area contributed by atoms with Crippen LogP contribution in [0.15, 0.2) is 28.7 Å². The lowest BCUT2D eigenvalue weighted by atomic mass is 10.3. The van der Waals surface area contributed by atoms with Gasteiger partial charge in [0.15, 0.2) is 6.61 Å². The molecule has 5 nitrogen and oxygen atoms in total. The van der Waals surface area contributed by atoms with E-state index >= 15 is 0 Å². The summed E-state index contributed by atoms with van der Waals surface area (Å²) < 4.78 is 6.15. The summed E-state index contributed by atoms with van der Waals surface area (Å²) in [7, 11) is 3.26. The molecule has 1 aromatic carbocycles. The molecular weight excluding hydrogens is 300 g/mol. The lowest BCUT2D eigenvalue weighted by Crippen LogP contribution is -2.38. The number of benzene rings is 1. The third-order valence-electron chi connectivity index (χ3n) is 2.10. The fourth-order valence-corrected chi connectivity index (χ4v) is 1.47. The molecule has 1 N–H and O–H groups in total. The van der Waals surface area contributed by atoms with Crippen LogP contribution in [-0.4, -0.2) is 44.0 Å². The van der Waals surface area contributed by atoms with E-state index in [1.807, 2.05) is 12.1 Å². The number of rotatable bonds is 5. The maximum absolute atomic E-state index is 11.4. The van der Waals surface area contributed by atoms with Gasteiger partial charge < -0.3 is 15.0 Å². The van der Waals surface area contributed by atoms with Crippen LogP contribution in [0.1, 0.15) is 0 Å². The number of nitrogens with one attached hydrogen (secondary N) is 1. The molecule has 0 aromatic heterocycles. The smallest absolute Gasteiger partial charge is 0.258 e. The number of carbonyl (C=O) groups is 2. The Kier molecular flexibility index (Phi) is 5.64. The molecule has 98 valence electrons. The molecule has 0 saturated carbocycles. The lowest BCUT2D eigenvalue weighted by molar-refractivity contribution is -0.131. The highest BCUT2D eigenvalue weighted by molar-refractivity contribution is 9.10. The first-order valence-corrected chi connectivity index (χ1v) is 6.13. The van der Waals surface area contributed by atoms with Crippen molar-refractivity contribution in [2.24, 2.45) is 0 Å². The van der Waals surface area contributed by atoms with Crippen LogP contribution < -0.4 is 10.1 Å². The van der Waals surface area contributed by atoms with Crippen molar-refractivity contribution >= 4 is 27.7 Å². The molecule has 0 aliphatic heterocycles. The van der Waals surface area contributed by atoms with Crippen molar-refractivity contribution in [2.75, 3.05) is 27.2 Å². The van der Waals surface area contributed by atoms with Gasteiger partial charge in [0, 0.05) is 18.6 Å². The third kappa shape index (κ3) is 5.18. The van der Waals surface area contributed by atoms with Gasteiger partial charge in [-0.05, 0) is 18.2 Å². The second kappa shape index (κ2) is 7.00. The van der Waals surface area contributed by atoms with Crippen LogP contribution in [0, 0.1) is 0 Å². The Labute approximate surface area is 114 Å². The minimum Gasteiger partial charge on any atom is -0.484 e. The highest BCUT2D eigenvalue weighted by Gasteiger charge is 2.07. The Morgan fingerprint density at radius 2 is 2.11 bits per heavy atom. The molecule has 0 spiro atoms. The number of halogens is 1. The number of hydrogen-bond donors (Lipinski definition) is 1. The maximum Gasteiger partial charge on any atom is 0.258 e. The molecule has 0 bridgehead atoms. The van der Waals surface area contributed by atoms with Gasteiger partial charge in [-0.25, -0.2) is 0 Å². The van der Waals surface area contributed by atoms with Crippen molar-refractivity contribution < 1.29 is 14.3 Å². The molecule has 0 unspecified atom stereocenters. The van der Waals surface area contributed by atoms with E-state index in [1.165, 1.54) is 4.90 Å². The van der Waals surface area contributed by atoms with Crippen molar-refractivity contribution in [3.63, 3.8) is 0 Å². The minimum atomic E-state index is -0.329. The van der Waals surface area contributed by atoms with Crippen LogP contribution in [0.3, 0.4) is 0 Å². The van der Waals surface area contributed by atoms with Gasteiger partial charge in [-0.2, -0.15) is 0 Å². The van der Waals surface area contributed by atoms with Crippen molar-refractivity contribution in [1.82, 2.24) is 10.2 Å². The van der Waals surface area contributed by atoms with E-state index in [1.54, 1.807) is 26.2 Å². The van der Waals surface area contributed by atoms with E-state index in [0.717, 1.165) is 4.47 Å². The van der Waals surface area contributed by atoms with Crippen molar-refractivity contribution in [2.45, 2.75) is 0 Å². The molecule has 18 heavy (non-hydrogen) atoms. The second-order valence-electron chi connectivity index (χ2n) is 3.81. The predicted octanol–water partition coefficient (Wildman–Crippen LogP) is 1.03. The van der Waals surface area contributed by atoms with Gasteiger partial charge in [-0.3, -0.25) is 9.59 Å². The summed E-state index contributed by atoms with van der Waals surface area (Å²) in [6.07, 6.45) is 0. The number of likely N-dealkylation sites (N-methyl/N-ethyl adjacent to an activating group) is 1. The zero-order valence-corrected chi connectivity index (χ0v) is 11.9. The molecule has 0 radical (unpaired) electrons. The summed E-state index contributed by atoms with van der Waals surface area (Å²) in [4.78, 5) is 24.1. The van der Waals surface area contributed by atoms with Crippen LogP contribution >= 0.6 is 15.9 Å². The molecule has 1 aromatic rings. The predicted molar refractivity (Wildman–Crippen MR) is 71.3 cm³/mol. The van der Waals surface area contributed by atoms with Crippen molar-refractivity contribution in [3.8, 4) is 5.75 Å². The summed E-state index contributed by atoms with van der Waals surface area (Å²) in [5.41, 5.74) is 0. The highest BCUT2D eigenvalue weighted by Crippen LogP contribution is 2.17. The van der Waals surface area contributed by atoms with E-state index < -0.39 is 0 Å². The maximum atomic E-state index is 11.4. The quantitative estimate of drug-likeness (QED) is 0.883. The molecule has 1 rings (SSSR count). The number of ether oxygens (including phenoxy) is 1. The summed E-state index contributed by atoms with van der Waals surface area (Å²) in [5, 5.41) is 2.48. The van der Waals surface area contributed by atoms with Crippen molar-refractivity contribution in [3.05, 3.63) is 28.7 Å². The van der Waals surface area contributed by atoms with Crippen LogP contribution in [-0.2, 0) is 9.59 Å². The van der Waals surface area contributed by atoms with Gasteiger partial charge in [-0.1, -0.05) is 22.0 Å². The summed E-state index contributed by atoms with van der Waals surface area (Å²) in [5.74, 6) is 0.106. The zero-order chi connectivity index (χ0) is 13.5. The monoisotopic (exact) mass is 314 g/mol. The van der Waals surface area contributed by atoms with E-state index in [0.29, 0.717) is 5.75 Å². The summed E-state index contributed by atoms with van der Waals surface area (Å²) >= 11 is 3.30. The normalized spacial score (nSPS) is 9.72. The molecular formula is C12H15BrN2O3. The number of nitrogens with zero attached hydrogens (tertiary/aromatic N) is 1. The van der Waals surface area contributed by atoms with Gasteiger partial charge in [0.05, 0.1) is 6.54 Å². The largest absolute Gasteiger partial charge is 0.484 e. The number of hydrogen-bond acceptors (Lipinski definition) is 3. The zero-order valence-electron chi connectivity index (χ0n) is 10.3. The fraction of sp³-hybridized carbons (Fsp3) is 0.333. The van der Waals surface area contributed by atoms with Gasteiger partial charge >= 0.3 is 0 Å². The van der Waals surface area contributed by atoms with E-state index in [-0.39, 0.29) is 25.0 Å². The van der Waals surface area contributed by atoms with Crippen LogP contribution in [0.2, 0.25) is 0 Å². The molecule has 0 atom stereocenters. The van der Waals surface area contributed by atoms with Gasteiger partial charge in [0.2, 0.25) is 5.91 Å². The highest BCUT2D eigenvalue weighted by atomic mass is 79.9. The topological polar surface area (TPSA) is 58.6 Å². The second-order valence-corrected chi connectivity index (χ2v) is 4.73. The summed E-state index contributed by atoms with van der Waals surface area (Å²) in [6, 6.07) is 7.19. The molecule has 2 amide bonds. The number of carbonyl (C=O) groups excluding carboxylic acids is 2. The van der Waals surface area contributed by atoms with Crippen LogP contribution in [0.25, 0.3) is 0 Å². The first-order chi connectivity index (χ1) is 8.49. The Morgan fingerprint density at radius 3 is 2.72 bits per heavy atom. The van der Waals surface area contributed by atoms with Crippen LogP contribution in [0.5, 0.6) is 5.75 Å². The van der Waals surface area contributed by atoms with Crippen molar-refractivity contribution in [1.29, 1.82) is 0 Å². The molecule has 6 heteroatoms. The van der Waals surface area contributed by atoms with Crippen LogP contribution in [0.4, 0.5) is 0 Å². The Hall–Kier alpha value is -1.56. The molecule has 0 aliphatic carbocycles. The Morgan fingerprint density at radius 1 is 1.39 bits per heavy atom. The molecule has 0 heterocycles. The van der Waals surface area contributed by atoms with E-state index in [4.69, 9.17) is 4.74 Å². The first-order valence-electron chi connectivity index (χ1n) is 5.34.